The van der Waals surface area contributed by atoms with Gasteiger partial charge >= 0.3 is 0 Å². The molecule has 1 atom stereocenters. The highest BCUT2D eigenvalue weighted by atomic mass is 16.3. The SMILES string of the molecule is Cc1ccc(C2C(C(=O)C(C)(C)C)=C(O)C(=O)N2c2cccc(C)c2C)o1. The second-order valence-electron chi connectivity index (χ2n) is 8.09. The monoisotopic (exact) mass is 367 g/mol. The van der Waals surface area contributed by atoms with Gasteiger partial charge in [0.25, 0.3) is 5.91 Å². The molecule has 5 nitrogen and oxygen atoms in total. The first-order valence-corrected chi connectivity index (χ1v) is 8.98. The molecule has 1 aliphatic rings. The molecule has 1 amide bonds. The summed E-state index contributed by atoms with van der Waals surface area (Å²) in [5.41, 5.74) is 1.92. The Balaban J connectivity index is 2.24. The first-order chi connectivity index (χ1) is 12.5. The predicted octanol–water partition coefficient (Wildman–Crippen LogP) is 4.72. The van der Waals surface area contributed by atoms with Crippen molar-refractivity contribution in [2.45, 2.75) is 47.6 Å². The summed E-state index contributed by atoms with van der Waals surface area (Å²) in [4.78, 5) is 27.6. The van der Waals surface area contributed by atoms with E-state index in [-0.39, 0.29) is 11.4 Å². The van der Waals surface area contributed by atoms with Crippen LogP contribution >= 0.6 is 0 Å². The fraction of sp³-hybridized carbons (Fsp3) is 0.364. The molecule has 2 aromatic rings. The number of carbonyl (C=O) groups is 2. The molecule has 1 unspecified atom stereocenters. The molecule has 142 valence electrons. The van der Waals surface area contributed by atoms with Gasteiger partial charge in [-0.1, -0.05) is 32.9 Å². The number of rotatable bonds is 3. The van der Waals surface area contributed by atoms with Crippen LogP contribution in [0.3, 0.4) is 0 Å². The maximum atomic E-state index is 13.1. The molecule has 0 aliphatic carbocycles. The van der Waals surface area contributed by atoms with Gasteiger partial charge in [-0.05, 0) is 50.1 Å². The van der Waals surface area contributed by atoms with E-state index in [0.717, 1.165) is 11.1 Å². The summed E-state index contributed by atoms with van der Waals surface area (Å²) in [6.45, 7) is 11.0. The number of aliphatic hydroxyl groups excluding tert-OH is 1. The van der Waals surface area contributed by atoms with Crippen molar-refractivity contribution < 1.29 is 19.1 Å². The zero-order valence-corrected chi connectivity index (χ0v) is 16.6. The van der Waals surface area contributed by atoms with E-state index in [1.54, 1.807) is 39.8 Å². The minimum Gasteiger partial charge on any atom is -0.503 e. The van der Waals surface area contributed by atoms with E-state index in [2.05, 4.69) is 0 Å². The van der Waals surface area contributed by atoms with E-state index in [4.69, 9.17) is 4.42 Å². The number of nitrogens with zero attached hydrogens (tertiary/aromatic N) is 1. The van der Waals surface area contributed by atoms with E-state index in [9.17, 15) is 14.7 Å². The quantitative estimate of drug-likeness (QED) is 0.852. The lowest BCUT2D eigenvalue weighted by Gasteiger charge is -2.28. The third-order valence-electron chi connectivity index (χ3n) is 5.00. The van der Waals surface area contributed by atoms with Crippen LogP contribution in [0.4, 0.5) is 5.69 Å². The van der Waals surface area contributed by atoms with Crippen LogP contribution in [0.2, 0.25) is 0 Å². The molecule has 0 spiro atoms. The van der Waals surface area contributed by atoms with Crippen molar-refractivity contribution in [1.82, 2.24) is 0 Å². The lowest BCUT2D eigenvalue weighted by atomic mass is 9.83. The van der Waals surface area contributed by atoms with Crippen molar-refractivity contribution in [3.8, 4) is 0 Å². The summed E-state index contributed by atoms with van der Waals surface area (Å²) in [7, 11) is 0. The average molecular weight is 367 g/mol. The molecule has 0 radical (unpaired) electrons. The fourth-order valence-corrected chi connectivity index (χ4v) is 3.36. The minimum absolute atomic E-state index is 0.0859. The zero-order valence-electron chi connectivity index (χ0n) is 16.6. The number of Topliss-reactive ketones (excluding diaryl/α,β-unsaturated/α-hetero) is 1. The Hall–Kier alpha value is -2.82. The summed E-state index contributed by atoms with van der Waals surface area (Å²) >= 11 is 0. The molecule has 1 aliphatic heterocycles. The number of furan rings is 1. The number of carbonyl (C=O) groups excluding carboxylic acids is 2. The highest BCUT2D eigenvalue weighted by Gasteiger charge is 2.48. The maximum Gasteiger partial charge on any atom is 0.294 e. The summed E-state index contributed by atoms with van der Waals surface area (Å²) in [5.74, 6) is -0.240. The van der Waals surface area contributed by atoms with E-state index < -0.39 is 23.1 Å². The van der Waals surface area contributed by atoms with Gasteiger partial charge in [-0.3, -0.25) is 14.5 Å². The summed E-state index contributed by atoms with van der Waals surface area (Å²) in [6, 6.07) is 8.38. The molecule has 1 N–H and O–H groups in total. The Bertz CT molecular complexity index is 959. The Morgan fingerprint density at radius 1 is 1.11 bits per heavy atom. The number of benzene rings is 1. The Labute approximate surface area is 159 Å². The first-order valence-electron chi connectivity index (χ1n) is 8.98. The van der Waals surface area contributed by atoms with E-state index >= 15 is 0 Å². The van der Waals surface area contributed by atoms with Crippen LogP contribution in [0.25, 0.3) is 0 Å². The number of amides is 1. The van der Waals surface area contributed by atoms with Crippen LogP contribution in [0.1, 0.15) is 49.5 Å². The number of aliphatic hydroxyl groups is 1. The Morgan fingerprint density at radius 2 is 1.78 bits per heavy atom. The van der Waals surface area contributed by atoms with Gasteiger partial charge in [-0.25, -0.2) is 0 Å². The van der Waals surface area contributed by atoms with Gasteiger partial charge in [0, 0.05) is 11.1 Å². The Kier molecular flexibility index (Phi) is 4.50. The van der Waals surface area contributed by atoms with Gasteiger partial charge in [0.05, 0.1) is 5.57 Å². The van der Waals surface area contributed by atoms with Gasteiger partial charge in [-0.15, -0.1) is 0 Å². The molecule has 27 heavy (non-hydrogen) atoms. The van der Waals surface area contributed by atoms with E-state index in [0.29, 0.717) is 17.2 Å². The number of hydrogen-bond donors (Lipinski definition) is 1. The summed E-state index contributed by atoms with van der Waals surface area (Å²) in [6.07, 6.45) is 0. The van der Waals surface area contributed by atoms with Crippen LogP contribution in [-0.2, 0) is 9.59 Å². The Morgan fingerprint density at radius 3 is 2.33 bits per heavy atom. The number of aryl methyl sites for hydroxylation is 2. The molecule has 0 saturated carbocycles. The molecule has 1 aromatic heterocycles. The third kappa shape index (κ3) is 3.07. The van der Waals surface area contributed by atoms with Crippen molar-refractivity contribution in [2.75, 3.05) is 4.90 Å². The number of ketones is 1. The zero-order chi connectivity index (χ0) is 20.1. The van der Waals surface area contributed by atoms with Crippen molar-refractivity contribution in [2.24, 2.45) is 5.41 Å². The largest absolute Gasteiger partial charge is 0.503 e. The lowest BCUT2D eigenvalue weighted by molar-refractivity contribution is -0.123. The van der Waals surface area contributed by atoms with Crippen LogP contribution in [0.5, 0.6) is 0 Å². The summed E-state index contributed by atoms with van der Waals surface area (Å²) < 4.78 is 5.79. The number of anilines is 1. The highest BCUT2D eigenvalue weighted by Crippen LogP contribution is 2.44. The molecular formula is C22H25NO4. The molecule has 0 fully saturated rings. The van der Waals surface area contributed by atoms with E-state index in [1.165, 1.54) is 4.90 Å². The average Bonchev–Trinajstić information content (AvgIpc) is 3.11. The second kappa shape index (κ2) is 6.41. The number of hydrogen-bond acceptors (Lipinski definition) is 4. The van der Waals surface area contributed by atoms with Crippen LogP contribution in [-0.4, -0.2) is 16.8 Å². The van der Waals surface area contributed by atoms with Crippen molar-refractivity contribution in [3.05, 3.63) is 64.3 Å². The molecule has 3 rings (SSSR count). The standard InChI is InChI=1S/C22H25NO4/c1-12-8-7-9-15(14(12)3)23-18(16-11-10-13(2)27-16)17(19(24)21(23)26)20(25)22(4,5)6/h7-11,18,24H,1-6H3. The van der Waals surface area contributed by atoms with Crippen molar-refractivity contribution in [3.63, 3.8) is 0 Å². The van der Waals surface area contributed by atoms with Gasteiger partial charge < -0.3 is 9.52 Å². The molecule has 0 saturated heterocycles. The van der Waals surface area contributed by atoms with Crippen LogP contribution in [0.15, 0.2) is 46.1 Å². The smallest absolute Gasteiger partial charge is 0.294 e. The molecule has 5 heteroatoms. The predicted molar refractivity (Wildman–Crippen MR) is 104 cm³/mol. The van der Waals surface area contributed by atoms with Gasteiger partial charge in [-0.2, -0.15) is 0 Å². The molecule has 0 bridgehead atoms. The lowest BCUT2D eigenvalue weighted by Crippen LogP contribution is -2.33. The van der Waals surface area contributed by atoms with Crippen LogP contribution in [0, 0.1) is 26.2 Å². The highest BCUT2D eigenvalue weighted by molar-refractivity contribution is 6.17. The van der Waals surface area contributed by atoms with E-state index in [1.807, 2.05) is 32.0 Å². The second-order valence-corrected chi connectivity index (χ2v) is 8.09. The van der Waals surface area contributed by atoms with Crippen molar-refractivity contribution >= 4 is 17.4 Å². The fourth-order valence-electron chi connectivity index (χ4n) is 3.36. The maximum absolute atomic E-state index is 13.1. The first kappa shape index (κ1) is 19.0. The summed E-state index contributed by atoms with van der Waals surface area (Å²) in [5, 5.41) is 10.6. The van der Waals surface area contributed by atoms with Crippen molar-refractivity contribution in [1.29, 1.82) is 0 Å². The topological polar surface area (TPSA) is 70.8 Å². The van der Waals surface area contributed by atoms with Crippen LogP contribution < -0.4 is 4.90 Å². The van der Waals surface area contributed by atoms with Gasteiger partial charge in [0.1, 0.15) is 17.6 Å². The third-order valence-corrected chi connectivity index (χ3v) is 5.00. The van der Waals surface area contributed by atoms with Gasteiger partial charge in [0.2, 0.25) is 0 Å². The molecule has 2 heterocycles. The normalized spacial score (nSPS) is 17.8. The minimum atomic E-state index is -0.793. The van der Waals surface area contributed by atoms with Gasteiger partial charge in [0.15, 0.2) is 11.5 Å². The molecular weight excluding hydrogens is 342 g/mol. The molecule has 1 aromatic carbocycles.